The van der Waals surface area contributed by atoms with Gasteiger partial charge in [0.15, 0.2) is 6.61 Å². The predicted molar refractivity (Wildman–Crippen MR) is 96.9 cm³/mol. The second-order valence-electron chi connectivity index (χ2n) is 5.58. The third-order valence-corrected chi connectivity index (χ3v) is 3.63. The largest absolute Gasteiger partial charge is 0.493 e. The fourth-order valence-electron chi connectivity index (χ4n) is 2.15. The molecule has 0 aliphatic rings. The number of halogens is 2. The Morgan fingerprint density at radius 3 is 2.73 bits per heavy atom. The standard InChI is InChI=1S/C19H19ClFNO4/c1-13-10-14(20)7-8-17(13)25-9-3-6-19(24)26-12-18(23)22-16-5-2-4-15(21)11-16/h2,4-5,7-8,10-11H,3,6,9,12H2,1H3,(H,22,23). The van der Waals surface area contributed by atoms with Crippen LogP contribution in [0.2, 0.25) is 5.02 Å². The van der Waals surface area contributed by atoms with E-state index in [1.54, 1.807) is 24.3 Å². The number of rotatable bonds is 8. The summed E-state index contributed by atoms with van der Waals surface area (Å²) in [5, 5.41) is 3.08. The van der Waals surface area contributed by atoms with Gasteiger partial charge in [-0.3, -0.25) is 9.59 Å². The molecule has 0 saturated carbocycles. The molecule has 0 fully saturated rings. The molecule has 0 aromatic heterocycles. The van der Waals surface area contributed by atoms with Crippen LogP contribution in [0.15, 0.2) is 42.5 Å². The summed E-state index contributed by atoms with van der Waals surface area (Å²) in [6.07, 6.45) is 0.576. The van der Waals surface area contributed by atoms with Gasteiger partial charge in [0, 0.05) is 17.1 Å². The van der Waals surface area contributed by atoms with Crippen molar-refractivity contribution < 1.29 is 23.5 Å². The molecule has 1 N–H and O–H groups in total. The molecule has 0 spiro atoms. The quantitative estimate of drug-likeness (QED) is 0.553. The Morgan fingerprint density at radius 1 is 1.19 bits per heavy atom. The van der Waals surface area contributed by atoms with Crippen LogP contribution in [0.4, 0.5) is 10.1 Å². The molecule has 26 heavy (non-hydrogen) atoms. The van der Waals surface area contributed by atoms with Crippen molar-refractivity contribution in [1.29, 1.82) is 0 Å². The average Bonchev–Trinajstić information content (AvgIpc) is 2.58. The van der Waals surface area contributed by atoms with Crippen molar-refractivity contribution in [2.24, 2.45) is 0 Å². The lowest BCUT2D eigenvalue weighted by atomic mass is 10.2. The first-order chi connectivity index (χ1) is 12.4. The highest BCUT2D eigenvalue weighted by Crippen LogP contribution is 2.21. The lowest BCUT2D eigenvalue weighted by Crippen LogP contribution is -2.21. The van der Waals surface area contributed by atoms with E-state index in [1.807, 2.05) is 6.92 Å². The van der Waals surface area contributed by atoms with Crippen LogP contribution in [-0.2, 0) is 14.3 Å². The Kier molecular flexibility index (Phi) is 7.41. The van der Waals surface area contributed by atoms with Crippen molar-refractivity contribution in [3.05, 3.63) is 58.9 Å². The molecule has 0 radical (unpaired) electrons. The molecule has 1 amide bonds. The molecular weight excluding hydrogens is 361 g/mol. The molecule has 0 heterocycles. The summed E-state index contributed by atoms with van der Waals surface area (Å²) in [6.45, 7) is 1.80. The Morgan fingerprint density at radius 2 is 2.00 bits per heavy atom. The van der Waals surface area contributed by atoms with E-state index in [2.05, 4.69) is 5.32 Å². The van der Waals surface area contributed by atoms with Gasteiger partial charge < -0.3 is 14.8 Å². The number of hydrogen-bond donors (Lipinski definition) is 1. The van der Waals surface area contributed by atoms with Crippen LogP contribution in [0.3, 0.4) is 0 Å². The van der Waals surface area contributed by atoms with Gasteiger partial charge in [-0.2, -0.15) is 0 Å². The summed E-state index contributed by atoms with van der Waals surface area (Å²) in [6, 6.07) is 10.8. The highest BCUT2D eigenvalue weighted by molar-refractivity contribution is 6.30. The van der Waals surface area contributed by atoms with Gasteiger partial charge in [0.2, 0.25) is 0 Å². The molecular formula is C19H19ClFNO4. The maximum Gasteiger partial charge on any atom is 0.306 e. The Labute approximate surface area is 156 Å². The summed E-state index contributed by atoms with van der Waals surface area (Å²) in [5.41, 5.74) is 1.21. The normalized spacial score (nSPS) is 10.3. The summed E-state index contributed by atoms with van der Waals surface area (Å²) in [5.74, 6) is -0.791. The van der Waals surface area contributed by atoms with Gasteiger partial charge >= 0.3 is 5.97 Å². The van der Waals surface area contributed by atoms with Crippen molar-refractivity contribution in [1.82, 2.24) is 0 Å². The van der Waals surface area contributed by atoms with Gasteiger partial charge in [0.25, 0.3) is 5.91 Å². The Bertz CT molecular complexity index is 782. The number of ether oxygens (including phenoxy) is 2. The molecule has 0 saturated heterocycles. The van der Waals surface area contributed by atoms with Crippen molar-refractivity contribution in [3.63, 3.8) is 0 Å². The van der Waals surface area contributed by atoms with E-state index in [4.69, 9.17) is 21.1 Å². The molecule has 7 heteroatoms. The molecule has 0 bridgehead atoms. The third kappa shape index (κ3) is 6.72. The third-order valence-electron chi connectivity index (χ3n) is 3.39. The van der Waals surface area contributed by atoms with E-state index in [0.29, 0.717) is 29.5 Å². The molecule has 0 aliphatic heterocycles. The smallest absolute Gasteiger partial charge is 0.306 e. The fourth-order valence-corrected chi connectivity index (χ4v) is 2.38. The van der Waals surface area contributed by atoms with Crippen LogP contribution < -0.4 is 10.1 Å². The number of amides is 1. The summed E-state index contributed by atoms with van der Waals surface area (Å²) >= 11 is 5.87. The highest BCUT2D eigenvalue weighted by atomic mass is 35.5. The minimum Gasteiger partial charge on any atom is -0.493 e. The zero-order valence-electron chi connectivity index (χ0n) is 14.3. The Hall–Kier alpha value is -2.60. The number of nitrogens with one attached hydrogen (secondary N) is 1. The molecule has 0 unspecified atom stereocenters. The molecule has 2 aromatic rings. The van der Waals surface area contributed by atoms with Crippen LogP contribution in [0.25, 0.3) is 0 Å². The molecule has 5 nitrogen and oxygen atoms in total. The van der Waals surface area contributed by atoms with Crippen molar-refractivity contribution in [2.75, 3.05) is 18.5 Å². The SMILES string of the molecule is Cc1cc(Cl)ccc1OCCCC(=O)OCC(=O)Nc1cccc(F)c1. The summed E-state index contributed by atoms with van der Waals surface area (Å²) in [7, 11) is 0. The van der Waals surface area contributed by atoms with Crippen molar-refractivity contribution >= 4 is 29.2 Å². The predicted octanol–water partition coefficient (Wildman–Crippen LogP) is 4.13. The minimum atomic E-state index is -0.531. The molecule has 0 aliphatic carbocycles. The highest BCUT2D eigenvalue weighted by Gasteiger charge is 2.09. The van der Waals surface area contributed by atoms with E-state index in [9.17, 15) is 14.0 Å². The number of aryl methyl sites for hydroxylation is 1. The first kappa shape index (κ1) is 19.7. The maximum atomic E-state index is 13.0. The van der Waals surface area contributed by atoms with Gasteiger partial charge in [-0.25, -0.2) is 4.39 Å². The van der Waals surface area contributed by atoms with Gasteiger partial charge in [-0.15, -0.1) is 0 Å². The lowest BCUT2D eigenvalue weighted by molar-refractivity contribution is -0.147. The van der Waals surface area contributed by atoms with Crippen molar-refractivity contribution in [2.45, 2.75) is 19.8 Å². The zero-order chi connectivity index (χ0) is 18.9. The average molecular weight is 380 g/mol. The van der Waals surface area contributed by atoms with E-state index in [0.717, 1.165) is 5.56 Å². The molecule has 0 atom stereocenters. The topological polar surface area (TPSA) is 64.6 Å². The second kappa shape index (κ2) is 9.77. The first-order valence-electron chi connectivity index (χ1n) is 8.04. The monoisotopic (exact) mass is 379 g/mol. The van der Waals surface area contributed by atoms with Crippen LogP contribution in [-0.4, -0.2) is 25.1 Å². The number of carbonyl (C=O) groups is 2. The van der Waals surface area contributed by atoms with Crippen LogP contribution in [0, 0.1) is 12.7 Å². The van der Waals surface area contributed by atoms with Gasteiger partial charge in [0.1, 0.15) is 11.6 Å². The van der Waals surface area contributed by atoms with Gasteiger partial charge in [-0.05, 0) is 55.3 Å². The van der Waals surface area contributed by atoms with E-state index >= 15 is 0 Å². The van der Waals surface area contributed by atoms with E-state index in [-0.39, 0.29) is 6.42 Å². The van der Waals surface area contributed by atoms with Gasteiger partial charge in [0.05, 0.1) is 6.61 Å². The van der Waals surface area contributed by atoms with E-state index in [1.165, 1.54) is 18.2 Å². The maximum absolute atomic E-state index is 13.0. The minimum absolute atomic E-state index is 0.125. The van der Waals surface area contributed by atoms with Gasteiger partial charge in [-0.1, -0.05) is 17.7 Å². The van der Waals surface area contributed by atoms with Crippen LogP contribution in [0.5, 0.6) is 5.75 Å². The van der Waals surface area contributed by atoms with E-state index < -0.39 is 24.3 Å². The molecule has 2 aromatic carbocycles. The molecule has 138 valence electrons. The van der Waals surface area contributed by atoms with Crippen LogP contribution >= 0.6 is 11.6 Å². The number of esters is 1. The number of hydrogen-bond acceptors (Lipinski definition) is 4. The zero-order valence-corrected chi connectivity index (χ0v) is 15.0. The summed E-state index contributed by atoms with van der Waals surface area (Å²) in [4.78, 5) is 23.3. The number of carbonyl (C=O) groups excluding carboxylic acids is 2. The summed E-state index contributed by atoms with van der Waals surface area (Å²) < 4.78 is 23.5. The fraction of sp³-hybridized carbons (Fsp3) is 0.263. The second-order valence-corrected chi connectivity index (χ2v) is 6.02. The first-order valence-corrected chi connectivity index (χ1v) is 8.42. The Balaban J connectivity index is 1.63. The van der Waals surface area contributed by atoms with Crippen molar-refractivity contribution in [3.8, 4) is 5.75 Å². The number of anilines is 1. The van der Waals surface area contributed by atoms with Crippen LogP contribution in [0.1, 0.15) is 18.4 Å². The number of benzene rings is 2. The lowest BCUT2D eigenvalue weighted by Gasteiger charge is -2.09. The molecule has 2 rings (SSSR count).